The third kappa shape index (κ3) is 2.44. The number of benzene rings is 1. The first-order valence-electron chi connectivity index (χ1n) is 6.13. The topological polar surface area (TPSA) is 57.4 Å². The van der Waals surface area contributed by atoms with E-state index in [1.807, 2.05) is 42.5 Å². The Bertz CT molecular complexity index is 609. The Morgan fingerprint density at radius 2 is 1.79 bits per heavy atom. The van der Waals surface area contributed by atoms with Crippen molar-refractivity contribution in [3.8, 4) is 11.6 Å². The molecular formula is C15H14N2O2. The zero-order chi connectivity index (χ0) is 13.1. The van der Waals surface area contributed by atoms with Gasteiger partial charge in [0, 0.05) is 12.6 Å². The van der Waals surface area contributed by atoms with Crippen LogP contribution >= 0.6 is 0 Å². The second-order valence-corrected chi connectivity index (χ2v) is 4.22. The maximum absolute atomic E-state index is 5.85. The molecule has 0 bridgehead atoms. The highest BCUT2D eigenvalue weighted by Gasteiger charge is 2.21. The van der Waals surface area contributed by atoms with Gasteiger partial charge in [0.1, 0.15) is 5.76 Å². The Balaban J connectivity index is 1.89. The lowest BCUT2D eigenvalue weighted by Gasteiger charge is -2.22. The normalized spacial score (nSPS) is 13.5. The molecule has 0 unspecified atom stereocenters. The van der Waals surface area contributed by atoms with Crippen LogP contribution in [0, 0.1) is 0 Å². The third-order valence-electron chi connectivity index (χ3n) is 2.89. The minimum Gasteiger partial charge on any atom is -0.452 e. The maximum Gasteiger partial charge on any atom is 0.262 e. The van der Waals surface area contributed by atoms with Gasteiger partial charge in [0.05, 0.1) is 6.54 Å². The van der Waals surface area contributed by atoms with E-state index in [-0.39, 0.29) is 6.54 Å². The van der Waals surface area contributed by atoms with Crippen LogP contribution in [0.25, 0.3) is 0 Å². The zero-order valence-electron chi connectivity index (χ0n) is 10.4. The zero-order valence-corrected chi connectivity index (χ0v) is 10.4. The van der Waals surface area contributed by atoms with Crippen molar-refractivity contribution in [2.75, 3.05) is 6.54 Å². The van der Waals surface area contributed by atoms with E-state index in [0.717, 1.165) is 11.3 Å². The highest BCUT2D eigenvalue weighted by atomic mass is 16.6. The number of rotatable bonds is 3. The lowest BCUT2D eigenvalue weighted by Crippen LogP contribution is -2.20. The van der Waals surface area contributed by atoms with Crippen LogP contribution in [-0.4, -0.2) is 11.5 Å². The molecule has 0 saturated carbocycles. The molecule has 1 aliphatic heterocycles. The lowest BCUT2D eigenvalue weighted by atomic mass is 10.1. The summed E-state index contributed by atoms with van der Waals surface area (Å²) in [6, 6.07) is 13.7. The van der Waals surface area contributed by atoms with Crippen molar-refractivity contribution in [3.05, 3.63) is 65.7 Å². The molecule has 2 N–H and O–H groups in total. The molecule has 2 aromatic rings. The van der Waals surface area contributed by atoms with E-state index in [0.29, 0.717) is 23.8 Å². The smallest absolute Gasteiger partial charge is 0.262 e. The van der Waals surface area contributed by atoms with E-state index < -0.39 is 0 Å². The van der Waals surface area contributed by atoms with Crippen LogP contribution in [-0.2, 0) is 6.42 Å². The predicted molar refractivity (Wildman–Crippen MR) is 71.7 cm³/mol. The Kier molecular flexibility index (Phi) is 3.16. The van der Waals surface area contributed by atoms with Crippen molar-refractivity contribution >= 4 is 0 Å². The molecule has 0 atom stereocenters. The number of hydrogen-bond acceptors (Lipinski definition) is 4. The van der Waals surface area contributed by atoms with Crippen LogP contribution in [0.15, 0.2) is 60.2 Å². The molecule has 0 saturated heterocycles. The van der Waals surface area contributed by atoms with Gasteiger partial charge in [0.2, 0.25) is 0 Å². The first-order chi connectivity index (χ1) is 9.36. The van der Waals surface area contributed by atoms with Gasteiger partial charge in [-0.25, -0.2) is 4.98 Å². The van der Waals surface area contributed by atoms with Crippen LogP contribution in [0.3, 0.4) is 0 Å². The molecule has 4 heteroatoms. The summed E-state index contributed by atoms with van der Waals surface area (Å²) in [5.41, 5.74) is 6.87. The maximum atomic E-state index is 5.85. The summed E-state index contributed by atoms with van der Waals surface area (Å²) in [6.45, 7) is 0.290. The van der Waals surface area contributed by atoms with Gasteiger partial charge in [-0.1, -0.05) is 30.3 Å². The van der Waals surface area contributed by atoms with E-state index in [1.165, 1.54) is 0 Å². The molecule has 0 amide bonds. The number of fused-ring (bicyclic) bond motifs is 1. The van der Waals surface area contributed by atoms with Gasteiger partial charge in [-0.15, -0.1) is 0 Å². The molecule has 4 nitrogen and oxygen atoms in total. The van der Waals surface area contributed by atoms with Gasteiger partial charge < -0.3 is 15.2 Å². The second-order valence-electron chi connectivity index (χ2n) is 4.22. The fraction of sp³-hybridized carbons (Fsp3) is 0.133. The first-order valence-corrected chi connectivity index (χ1v) is 6.13. The van der Waals surface area contributed by atoms with E-state index in [2.05, 4.69) is 4.98 Å². The van der Waals surface area contributed by atoms with Gasteiger partial charge in [0.25, 0.3) is 5.88 Å². The van der Waals surface area contributed by atoms with Crippen molar-refractivity contribution in [1.29, 1.82) is 0 Å². The van der Waals surface area contributed by atoms with Gasteiger partial charge >= 0.3 is 0 Å². The van der Waals surface area contributed by atoms with Gasteiger partial charge in [-0.2, -0.15) is 0 Å². The number of hydrogen-bond donors (Lipinski definition) is 1. The van der Waals surface area contributed by atoms with E-state index in [1.54, 1.807) is 6.20 Å². The van der Waals surface area contributed by atoms with Crippen molar-refractivity contribution in [1.82, 2.24) is 4.98 Å². The molecule has 0 aliphatic carbocycles. The van der Waals surface area contributed by atoms with Crippen molar-refractivity contribution in [2.24, 2.45) is 5.73 Å². The summed E-state index contributed by atoms with van der Waals surface area (Å²) in [6.07, 6.45) is 2.32. The quantitative estimate of drug-likeness (QED) is 0.912. The Morgan fingerprint density at radius 1 is 0.947 bits per heavy atom. The molecule has 0 radical (unpaired) electrons. The molecule has 1 aromatic carbocycles. The molecule has 19 heavy (non-hydrogen) atoms. The Morgan fingerprint density at radius 3 is 2.58 bits per heavy atom. The molecular weight excluding hydrogens is 240 g/mol. The standard InChI is InChI=1S/C15H14N2O2/c16-10-14-13(9-11-5-2-1-3-6-11)18-12-7-4-8-17-15(12)19-14/h1-8H,9-10,16H2. The number of nitrogens with two attached hydrogens (primary N) is 1. The van der Waals surface area contributed by atoms with Crippen LogP contribution < -0.4 is 15.2 Å². The monoisotopic (exact) mass is 254 g/mol. The van der Waals surface area contributed by atoms with Gasteiger partial charge in [0.15, 0.2) is 11.5 Å². The first kappa shape index (κ1) is 11.7. The molecule has 0 fully saturated rings. The van der Waals surface area contributed by atoms with Crippen molar-refractivity contribution < 1.29 is 9.47 Å². The largest absolute Gasteiger partial charge is 0.452 e. The summed E-state index contributed by atoms with van der Waals surface area (Å²) in [4.78, 5) is 4.12. The Hall–Kier alpha value is -2.33. The number of aromatic nitrogens is 1. The Labute approximate surface area is 111 Å². The average molecular weight is 254 g/mol. The van der Waals surface area contributed by atoms with Gasteiger partial charge in [-0.05, 0) is 17.7 Å². The van der Waals surface area contributed by atoms with Crippen LogP contribution in [0.4, 0.5) is 0 Å². The molecule has 1 aromatic heterocycles. The molecule has 0 spiro atoms. The van der Waals surface area contributed by atoms with E-state index >= 15 is 0 Å². The third-order valence-corrected chi connectivity index (χ3v) is 2.89. The summed E-state index contributed by atoms with van der Waals surface area (Å²) in [5, 5.41) is 0. The lowest BCUT2D eigenvalue weighted by molar-refractivity contribution is 0.275. The molecule has 96 valence electrons. The van der Waals surface area contributed by atoms with E-state index in [4.69, 9.17) is 15.2 Å². The fourth-order valence-corrected chi connectivity index (χ4v) is 1.97. The van der Waals surface area contributed by atoms with Crippen molar-refractivity contribution in [2.45, 2.75) is 6.42 Å². The van der Waals surface area contributed by atoms with E-state index in [9.17, 15) is 0 Å². The SMILES string of the molecule is NCC1=C(Cc2ccccc2)Oc2cccnc2O1. The second kappa shape index (κ2) is 5.12. The van der Waals surface area contributed by atoms with Crippen LogP contribution in [0.1, 0.15) is 5.56 Å². The number of pyridine rings is 1. The van der Waals surface area contributed by atoms with Crippen LogP contribution in [0.2, 0.25) is 0 Å². The number of nitrogens with zero attached hydrogens (tertiary/aromatic N) is 1. The van der Waals surface area contributed by atoms with Gasteiger partial charge in [-0.3, -0.25) is 0 Å². The minimum atomic E-state index is 0.290. The fourth-order valence-electron chi connectivity index (χ4n) is 1.97. The predicted octanol–water partition coefficient (Wildman–Crippen LogP) is 2.27. The highest BCUT2D eigenvalue weighted by Crippen LogP contribution is 2.33. The summed E-state index contributed by atoms with van der Waals surface area (Å²) in [7, 11) is 0. The molecule has 2 heterocycles. The highest BCUT2D eigenvalue weighted by molar-refractivity contribution is 5.39. The number of allylic oxidation sites excluding steroid dienone is 1. The summed E-state index contributed by atoms with van der Waals surface area (Å²) in [5.74, 6) is 2.48. The molecule has 3 rings (SSSR count). The molecule has 1 aliphatic rings. The average Bonchev–Trinajstić information content (AvgIpc) is 2.47. The minimum absolute atomic E-state index is 0.290. The number of ether oxygens (including phenoxy) is 2. The van der Waals surface area contributed by atoms with Crippen molar-refractivity contribution in [3.63, 3.8) is 0 Å². The summed E-state index contributed by atoms with van der Waals surface area (Å²) < 4.78 is 11.5. The van der Waals surface area contributed by atoms with Crippen LogP contribution in [0.5, 0.6) is 11.6 Å². The summed E-state index contributed by atoms with van der Waals surface area (Å²) >= 11 is 0.